The number of hydrogen-bond donors (Lipinski definition) is 2. The van der Waals surface area contributed by atoms with Crippen LogP contribution in [0.25, 0.3) is 0 Å². The van der Waals surface area contributed by atoms with Gasteiger partial charge in [-0.2, -0.15) is 0 Å². The topological polar surface area (TPSA) is 45.7 Å². The number of nitrogens with zero attached hydrogens (tertiary/aromatic N) is 1. The first-order valence-corrected chi connectivity index (χ1v) is 9.41. The molecule has 1 aliphatic carbocycles. The van der Waals surface area contributed by atoms with Crippen LogP contribution in [-0.4, -0.2) is 39.8 Å². The molecule has 0 amide bonds. The number of guanidine groups is 1. The largest absolute Gasteiger partial charge is 0.385 e. The summed E-state index contributed by atoms with van der Waals surface area (Å²) in [6.07, 6.45) is 5.03. The van der Waals surface area contributed by atoms with E-state index in [1.807, 2.05) is 7.05 Å². The molecule has 0 spiro atoms. The minimum atomic E-state index is 0.0511. The molecule has 4 nitrogen and oxygen atoms in total. The fourth-order valence-corrected chi connectivity index (χ4v) is 3.41. The van der Waals surface area contributed by atoms with Crippen LogP contribution in [-0.2, 0) is 10.2 Å². The van der Waals surface area contributed by atoms with Crippen LogP contribution in [0.3, 0.4) is 0 Å². The number of benzene rings is 1. The number of hydrogen-bond acceptors (Lipinski definition) is 2. The molecular weight excluding hydrogens is 310 g/mol. The number of aliphatic imine (C=N–C) groups is 1. The minimum Gasteiger partial charge on any atom is -0.385 e. The van der Waals surface area contributed by atoms with Gasteiger partial charge in [0.1, 0.15) is 0 Å². The molecule has 1 saturated carbocycles. The second-order valence-electron chi connectivity index (χ2n) is 8.13. The monoisotopic (exact) mass is 345 g/mol. The first-order valence-electron chi connectivity index (χ1n) is 9.41. The van der Waals surface area contributed by atoms with E-state index < -0.39 is 0 Å². The van der Waals surface area contributed by atoms with Crippen molar-refractivity contribution in [2.24, 2.45) is 10.4 Å². The molecule has 1 fully saturated rings. The molecule has 0 heterocycles. The van der Waals surface area contributed by atoms with Crippen molar-refractivity contribution in [3.05, 3.63) is 35.4 Å². The highest BCUT2D eigenvalue weighted by atomic mass is 16.5. The Bertz CT molecular complexity index is 559. The molecule has 0 atom stereocenters. The van der Waals surface area contributed by atoms with Crippen molar-refractivity contribution in [3.63, 3.8) is 0 Å². The van der Waals surface area contributed by atoms with Gasteiger partial charge in [0.2, 0.25) is 0 Å². The van der Waals surface area contributed by atoms with E-state index in [9.17, 15) is 0 Å². The molecule has 140 valence electrons. The summed E-state index contributed by atoms with van der Waals surface area (Å²) >= 11 is 0. The number of aryl methyl sites for hydroxylation is 1. The highest BCUT2D eigenvalue weighted by molar-refractivity contribution is 5.79. The zero-order chi connectivity index (χ0) is 18.3. The maximum Gasteiger partial charge on any atom is 0.191 e. The third kappa shape index (κ3) is 5.46. The summed E-state index contributed by atoms with van der Waals surface area (Å²) in [5, 5.41) is 7.04. The van der Waals surface area contributed by atoms with Crippen molar-refractivity contribution in [1.29, 1.82) is 0 Å². The van der Waals surface area contributed by atoms with Gasteiger partial charge in [0.05, 0.1) is 0 Å². The quantitative estimate of drug-likeness (QED) is 0.558. The van der Waals surface area contributed by atoms with Crippen LogP contribution >= 0.6 is 0 Å². The minimum absolute atomic E-state index is 0.0511. The van der Waals surface area contributed by atoms with Gasteiger partial charge in [-0.15, -0.1) is 0 Å². The van der Waals surface area contributed by atoms with E-state index in [0.29, 0.717) is 5.41 Å². The van der Waals surface area contributed by atoms with Crippen LogP contribution in [0.2, 0.25) is 0 Å². The van der Waals surface area contributed by atoms with Crippen LogP contribution in [0, 0.1) is 12.3 Å². The van der Waals surface area contributed by atoms with Gasteiger partial charge in [-0.1, -0.05) is 50.1 Å². The van der Waals surface area contributed by atoms with Gasteiger partial charge in [0.15, 0.2) is 5.96 Å². The van der Waals surface area contributed by atoms with Gasteiger partial charge >= 0.3 is 0 Å². The molecule has 4 heteroatoms. The summed E-state index contributed by atoms with van der Waals surface area (Å²) in [5.74, 6) is 0.892. The molecule has 0 bridgehead atoms. The third-order valence-electron chi connectivity index (χ3n) is 5.64. The van der Waals surface area contributed by atoms with Crippen LogP contribution in [0.5, 0.6) is 0 Å². The average molecular weight is 346 g/mol. The van der Waals surface area contributed by atoms with Gasteiger partial charge in [-0.05, 0) is 37.2 Å². The Kier molecular flexibility index (Phi) is 6.88. The zero-order valence-electron chi connectivity index (χ0n) is 16.6. The molecule has 0 saturated heterocycles. The number of rotatable bonds is 8. The van der Waals surface area contributed by atoms with Crippen LogP contribution < -0.4 is 10.6 Å². The highest BCUT2D eigenvalue weighted by Gasteiger charge is 2.36. The van der Waals surface area contributed by atoms with Gasteiger partial charge in [0, 0.05) is 39.3 Å². The second-order valence-corrected chi connectivity index (χ2v) is 8.13. The lowest BCUT2D eigenvalue weighted by Crippen LogP contribution is -2.49. The lowest BCUT2D eigenvalue weighted by atomic mass is 9.67. The van der Waals surface area contributed by atoms with E-state index in [1.54, 1.807) is 7.11 Å². The van der Waals surface area contributed by atoms with E-state index in [0.717, 1.165) is 32.1 Å². The van der Waals surface area contributed by atoms with Gasteiger partial charge in [-0.3, -0.25) is 4.99 Å². The predicted octanol–water partition coefficient (Wildman–Crippen LogP) is 3.64. The first-order chi connectivity index (χ1) is 11.9. The molecule has 1 aliphatic rings. The molecule has 2 N–H and O–H groups in total. The summed E-state index contributed by atoms with van der Waals surface area (Å²) in [4.78, 5) is 4.40. The number of methoxy groups -OCH3 is 1. The number of ether oxygens (including phenoxy) is 1. The summed E-state index contributed by atoms with van der Waals surface area (Å²) < 4.78 is 5.28. The molecule has 1 aromatic rings. The molecule has 0 unspecified atom stereocenters. The lowest BCUT2D eigenvalue weighted by Gasteiger charge is -2.42. The normalized spacial score (nSPS) is 17.1. The fourth-order valence-electron chi connectivity index (χ4n) is 3.41. The summed E-state index contributed by atoms with van der Waals surface area (Å²) in [6.45, 7) is 9.32. The van der Waals surface area contributed by atoms with E-state index in [1.165, 1.54) is 30.4 Å². The van der Waals surface area contributed by atoms with Crippen molar-refractivity contribution in [2.75, 3.05) is 33.9 Å². The maximum absolute atomic E-state index is 5.28. The Hall–Kier alpha value is -1.55. The SMILES string of the molecule is CN=C(NCC1(CCOC)CCC1)NCC(C)(C)c1ccc(C)cc1. The highest BCUT2D eigenvalue weighted by Crippen LogP contribution is 2.43. The Balaban J connectivity index is 1.86. The van der Waals surface area contributed by atoms with Crippen molar-refractivity contribution in [2.45, 2.75) is 51.9 Å². The van der Waals surface area contributed by atoms with Crippen LogP contribution in [0.15, 0.2) is 29.3 Å². The summed E-state index contributed by atoms with van der Waals surface area (Å²) in [6, 6.07) is 8.81. The van der Waals surface area contributed by atoms with Crippen molar-refractivity contribution < 1.29 is 4.74 Å². The van der Waals surface area contributed by atoms with E-state index in [4.69, 9.17) is 4.74 Å². The van der Waals surface area contributed by atoms with Gasteiger partial charge < -0.3 is 15.4 Å². The molecule has 1 aromatic carbocycles. The smallest absolute Gasteiger partial charge is 0.191 e. The van der Waals surface area contributed by atoms with Crippen molar-refractivity contribution in [1.82, 2.24) is 10.6 Å². The van der Waals surface area contributed by atoms with Crippen LogP contribution in [0.1, 0.15) is 50.7 Å². The van der Waals surface area contributed by atoms with Crippen LogP contribution in [0.4, 0.5) is 0 Å². The zero-order valence-corrected chi connectivity index (χ0v) is 16.6. The average Bonchev–Trinajstić information content (AvgIpc) is 2.56. The molecule has 0 aliphatic heterocycles. The standard InChI is InChI=1S/C21H35N3O/c1-17-7-9-18(10-8-17)20(2,3)15-23-19(22-4)24-16-21(11-6-12-21)13-14-25-5/h7-10H,6,11-16H2,1-5H3,(H2,22,23,24). The van der Waals surface area contributed by atoms with Gasteiger partial charge in [-0.25, -0.2) is 0 Å². The Labute approximate surface area is 153 Å². The van der Waals surface area contributed by atoms with Gasteiger partial charge in [0.25, 0.3) is 0 Å². The van der Waals surface area contributed by atoms with Crippen molar-refractivity contribution >= 4 is 5.96 Å². The number of nitrogens with one attached hydrogen (secondary N) is 2. The lowest BCUT2D eigenvalue weighted by molar-refractivity contribution is 0.0732. The molecule has 0 radical (unpaired) electrons. The predicted molar refractivity (Wildman–Crippen MR) is 106 cm³/mol. The maximum atomic E-state index is 5.28. The van der Waals surface area contributed by atoms with Crippen molar-refractivity contribution in [3.8, 4) is 0 Å². The van der Waals surface area contributed by atoms with E-state index in [-0.39, 0.29) is 5.41 Å². The van der Waals surface area contributed by atoms with E-state index in [2.05, 4.69) is 60.7 Å². The molecule has 25 heavy (non-hydrogen) atoms. The molecule has 2 rings (SSSR count). The second kappa shape index (κ2) is 8.70. The fraction of sp³-hybridized carbons (Fsp3) is 0.667. The summed E-state index contributed by atoms with van der Waals surface area (Å²) in [5.41, 5.74) is 3.08. The Morgan fingerprint density at radius 3 is 2.40 bits per heavy atom. The molecule has 0 aromatic heterocycles. The summed E-state index contributed by atoms with van der Waals surface area (Å²) in [7, 11) is 3.63. The Morgan fingerprint density at radius 2 is 1.88 bits per heavy atom. The van der Waals surface area contributed by atoms with E-state index >= 15 is 0 Å². The third-order valence-corrected chi connectivity index (χ3v) is 5.64. The first kappa shape index (κ1) is 19.8. The molecular formula is C21H35N3O. The Morgan fingerprint density at radius 1 is 1.20 bits per heavy atom.